The van der Waals surface area contributed by atoms with E-state index in [1.54, 1.807) is 6.92 Å². The lowest BCUT2D eigenvalue weighted by Gasteiger charge is -2.30. The summed E-state index contributed by atoms with van der Waals surface area (Å²) in [4.78, 5) is 22.1. The van der Waals surface area contributed by atoms with Crippen molar-refractivity contribution in [2.24, 2.45) is 0 Å². The normalized spacial score (nSPS) is 12.5. The number of Topliss-reactive ketones (excluding diaryl/α,β-unsaturated/α-hetero) is 1. The topological polar surface area (TPSA) is 35.5 Å². The minimum atomic E-state index is -0.613. The Morgan fingerprint density at radius 1 is 1.06 bits per heavy atom. The Morgan fingerprint density at radius 2 is 1.61 bits per heavy atom. The van der Waals surface area contributed by atoms with E-state index in [1.807, 2.05) is 58.0 Å². The van der Waals surface area contributed by atoms with Gasteiger partial charge in [-0.15, -0.1) is 0 Å². The van der Waals surface area contributed by atoms with Gasteiger partial charge in [0.05, 0.1) is 0 Å². The van der Waals surface area contributed by atoms with E-state index in [0.717, 1.165) is 5.56 Å². The van der Waals surface area contributed by atoms with Crippen molar-refractivity contribution >= 4 is 5.78 Å². The Bertz CT molecular complexity index is 393. The Morgan fingerprint density at radius 3 is 2.11 bits per heavy atom. The molecule has 3 heteroatoms. The van der Waals surface area contributed by atoms with E-state index < -0.39 is 11.2 Å². The third-order valence-electron chi connectivity index (χ3n) is 2.62. The lowest BCUT2D eigenvalue weighted by atomic mass is 9.99. The van der Waals surface area contributed by atoms with Crippen LogP contribution in [0.3, 0.4) is 0 Å². The van der Waals surface area contributed by atoms with Crippen molar-refractivity contribution in [2.75, 3.05) is 0 Å². The summed E-state index contributed by atoms with van der Waals surface area (Å²) in [6.45, 7) is 9.11. The first-order chi connectivity index (χ1) is 8.23. The van der Waals surface area contributed by atoms with Crippen molar-refractivity contribution in [3.63, 3.8) is 0 Å². The first-order valence-corrected chi connectivity index (χ1v) is 6.15. The van der Waals surface area contributed by atoms with Crippen molar-refractivity contribution in [2.45, 2.75) is 52.2 Å². The van der Waals surface area contributed by atoms with E-state index in [4.69, 9.17) is 9.78 Å². The summed E-state index contributed by atoms with van der Waals surface area (Å²) in [7, 11) is 0. The van der Waals surface area contributed by atoms with Crippen LogP contribution in [-0.2, 0) is 20.2 Å². The minimum absolute atomic E-state index is 0.0844. The van der Waals surface area contributed by atoms with Gasteiger partial charge >= 0.3 is 0 Å². The van der Waals surface area contributed by atoms with Gasteiger partial charge in [-0.3, -0.25) is 4.79 Å². The molecule has 18 heavy (non-hydrogen) atoms. The average Bonchev–Trinajstić information content (AvgIpc) is 2.26. The lowest BCUT2D eigenvalue weighted by molar-refractivity contribution is -0.404. The predicted octanol–water partition coefficient (Wildman–Crippen LogP) is 3.63. The van der Waals surface area contributed by atoms with Crippen LogP contribution < -0.4 is 0 Å². The third kappa shape index (κ3) is 4.59. The average molecular weight is 250 g/mol. The second kappa shape index (κ2) is 5.63. The van der Waals surface area contributed by atoms with Crippen LogP contribution in [0.1, 0.15) is 46.6 Å². The molecule has 0 aromatic heterocycles. The van der Waals surface area contributed by atoms with Gasteiger partial charge in [0.15, 0.2) is 0 Å². The molecule has 1 aromatic carbocycles. The molecule has 0 N–H and O–H groups in total. The van der Waals surface area contributed by atoms with Gasteiger partial charge in [0.25, 0.3) is 0 Å². The number of rotatable bonds is 6. The molecule has 0 unspecified atom stereocenters. The molecule has 0 fully saturated rings. The van der Waals surface area contributed by atoms with Crippen LogP contribution in [0.4, 0.5) is 0 Å². The zero-order chi connectivity index (χ0) is 13.8. The third-order valence-corrected chi connectivity index (χ3v) is 2.62. The predicted molar refractivity (Wildman–Crippen MR) is 71.0 cm³/mol. The van der Waals surface area contributed by atoms with Gasteiger partial charge in [-0.1, -0.05) is 30.3 Å². The highest BCUT2D eigenvalue weighted by Crippen LogP contribution is 2.27. The molecule has 0 aliphatic carbocycles. The van der Waals surface area contributed by atoms with Crippen LogP contribution in [-0.4, -0.2) is 11.4 Å². The molecule has 0 spiro atoms. The Hall–Kier alpha value is -1.19. The van der Waals surface area contributed by atoms with Crippen LogP contribution in [0.5, 0.6) is 0 Å². The first-order valence-electron chi connectivity index (χ1n) is 6.15. The van der Waals surface area contributed by atoms with Crippen LogP contribution in [0.25, 0.3) is 0 Å². The standard InChI is InChI=1S/C15H22O3/c1-12(16)11-14(2,3)17-18-15(4,5)13-9-7-6-8-10-13/h6-10H,11H2,1-5H3. The maximum atomic E-state index is 11.1. The fraction of sp³-hybridized carbons (Fsp3) is 0.533. The summed E-state index contributed by atoms with van der Waals surface area (Å²) in [5, 5.41) is 0. The molecule has 3 nitrogen and oxygen atoms in total. The smallest absolute Gasteiger partial charge is 0.132 e. The lowest BCUT2D eigenvalue weighted by Crippen LogP contribution is -2.32. The number of benzene rings is 1. The van der Waals surface area contributed by atoms with Crippen molar-refractivity contribution in [3.05, 3.63) is 35.9 Å². The highest BCUT2D eigenvalue weighted by molar-refractivity contribution is 5.76. The van der Waals surface area contributed by atoms with Gasteiger partial charge < -0.3 is 0 Å². The number of hydrogen-bond donors (Lipinski definition) is 0. The van der Waals surface area contributed by atoms with Crippen molar-refractivity contribution in [3.8, 4) is 0 Å². The van der Waals surface area contributed by atoms with Crippen molar-refractivity contribution in [1.29, 1.82) is 0 Å². The maximum Gasteiger partial charge on any atom is 0.132 e. The number of carbonyl (C=O) groups excluding carboxylic acids is 1. The molecule has 0 heterocycles. The SMILES string of the molecule is CC(=O)CC(C)(C)OOC(C)(C)c1ccccc1. The Balaban J connectivity index is 2.65. The van der Waals surface area contributed by atoms with Gasteiger partial charge in [0.2, 0.25) is 0 Å². The minimum Gasteiger partial charge on any atom is -0.300 e. The monoisotopic (exact) mass is 250 g/mol. The van der Waals surface area contributed by atoms with Crippen LogP contribution in [0.15, 0.2) is 30.3 Å². The molecule has 100 valence electrons. The Kier molecular flexibility index (Phi) is 4.65. The van der Waals surface area contributed by atoms with Crippen LogP contribution in [0, 0.1) is 0 Å². The van der Waals surface area contributed by atoms with E-state index in [9.17, 15) is 4.79 Å². The van der Waals surface area contributed by atoms with E-state index in [1.165, 1.54) is 0 Å². The Labute approximate surface area is 109 Å². The highest BCUT2D eigenvalue weighted by Gasteiger charge is 2.28. The summed E-state index contributed by atoms with van der Waals surface area (Å²) in [6.07, 6.45) is 0.331. The molecular formula is C15H22O3. The molecular weight excluding hydrogens is 228 g/mol. The molecule has 0 saturated heterocycles. The van der Waals surface area contributed by atoms with Gasteiger partial charge in [-0.2, -0.15) is 0 Å². The molecule has 0 aliphatic heterocycles. The number of hydrogen-bond acceptors (Lipinski definition) is 3. The molecule has 0 saturated carbocycles. The molecule has 0 atom stereocenters. The van der Waals surface area contributed by atoms with Crippen LogP contribution in [0.2, 0.25) is 0 Å². The van der Waals surface area contributed by atoms with Crippen LogP contribution >= 0.6 is 0 Å². The molecule has 0 amide bonds. The second-order valence-electron chi connectivity index (χ2n) is 5.68. The van der Waals surface area contributed by atoms with Gasteiger partial charge in [-0.05, 0) is 40.2 Å². The molecule has 0 bridgehead atoms. The molecule has 1 aromatic rings. The fourth-order valence-corrected chi connectivity index (χ4v) is 1.73. The van der Waals surface area contributed by atoms with Gasteiger partial charge in [-0.25, -0.2) is 9.78 Å². The van der Waals surface area contributed by atoms with Gasteiger partial charge in [0.1, 0.15) is 17.0 Å². The molecule has 0 aliphatic rings. The second-order valence-corrected chi connectivity index (χ2v) is 5.68. The first kappa shape index (κ1) is 14.9. The summed E-state index contributed by atoms with van der Waals surface area (Å²) >= 11 is 0. The highest BCUT2D eigenvalue weighted by atomic mass is 17.2. The van der Waals surface area contributed by atoms with Crippen molar-refractivity contribution in [1.82, 2.24) is 0 Å². The molecule has 1 rings (SSSR count). The fourth-order valence-electron chi connectivity index (χ4n) is 1.73. The quantitative estimate of drug-likeness (QED) is 0.571. The van der Waals surface area contributed by atoms with E-state index in [2.05, 4.69) is 0 Å². The summed E-state index contributed by atoms with van der Waals surface area (Å²) in [6, 6.07) is 9.85. The summed E-state index contributed by atoms with van der Waals surface area (Å²) in [5.74, 6) is 0.0844. The number of ketones is 1. The zero-order valence-electron chi connectivity index (χ0n) is 11.8. The summed E-state index contributed by atoms with van der Waals surface area (Å²) in [5.41, 5.74) is -0.128. The summed E-state index contributed by atoms with van der Waals surface area (Å²) < 4.78 is 0. The van der Waals surface area contributed by atoms with E-state index >= 15 is 0 Å². The molecule has 0 radical (unpaired) electrons. The zero-order valence-corrected chi connectivity index (χ0v) is 11.8. The number of carbonyl (C=O) groups is 1. The van der Waals surface area contributed by atoms with Gasteiger partial charge in [0, 0.05) is 6.42 Å². The maximum absolute atomic E-state index is 11.1. The van der Waals surface area contributed by atoms with E-state index in [0.29, 0.717) is 6.42 Å². The van der Waals surface area contributed by atoms with Crippen molar-refractivity contribution < 1.29 is 14.6 Å². The largest absolute Gasteiger partial charge is 0.300 e. The van der Waals surface area contributed by atoms with E-state index in [-0.39, 0.29) is 5.78 Å².